The zero-order valence-corrected chi connectivity index (χ0v) is 12.4. The summed E-state index contributed by atoms with van der Waals surface area (Å²) in [6.07, 6.45) is 2.26. The van der Waals surface area contributed by atoms with Gasteiger partial charge in [0.1, 0.15) is 17.3 Å². The molecule has 0 aliphatic rings. The fraction of sp³-hybridized carbons (Fsp3) is 0.333. The molecule has 0 bridgehead atoms. The topological polar surface area (TPSA) is 37.8 Å². The predicted molar refractivity (Wildman–Crippen MR) is 77.8 cm³/mol. The lowest BCUT2D eigenvalue weighted by Crippen LogP contribution is -2.09. The van der Waals surface area contributed by atoms with E-state index >= 15 is 0 Å². The van der Waals surface area contributed by atoms with E-state index in [9.17, 15) is 0 Å². The monoisotopic (exact) mass is 301 g/mol. The van der Waals surface area contributed by atoms with Gasteiger partial charge in [-0.15, -0.1) is 11.3 Å². The minimum atomic E-state index is 0.138. The quantitative estimate of drug-likeness (QED) is 0.840. The molecule has 96 valence electrons. The van der Waals surface area contributed by atoms with Gasteiger partial charge in [-0.05, 0) is 25.5 Å². The summed E-state index contributed by atoms with van der Waals surface area (Å²) in [4.78, 5) is 9.40. The lowest BCUT2D eigenvalue weighted by molar-refractivity contribution is 0.881. The van der Waals surface area contributed by atoms with Gasteiger partial charge < -0.3 is 5.32 Å². The number of anilines is 1. The van der Waals surface area contributed by atoms with Gasteiger partial charge >= 0.3 is 0 Å². The number of hydrogen-bond acceptors (Lipinski definition) is 4. The summed E-state index contributed by atoms with van der Waals surface area (Å²) in [5.41, 5.74) is 0.939. The zero-order valence-electron chi connectivity index (χ0n) is 10.1. The molecule has 0 fully saturated rings. The van der Waals surface area contributed by atoms with Crippen molar-refractivity contribution in [1.82, 2.24) is 9.97 Å². The number of aromatic nitrogens is 2. The van der Waals surface area contributed by atoms with E-state index in [0.29, 0.717) is 5.15 Å². The van der Waals surface area contributed by atoms with E-state index in [1.54, 1.807) is 11.3 Å². The Morgan fingerprint density at radius 1 is 1.33 bits per heavy atom. The summed E-state index contributed by atoms with van der Waals surface area (Å²) in [7, 11) is 0. The van der Waals surface area contributed by atoms with Crippen molar-refractivity contribution in [3.05, 3.63) is 38.4 Å². The van der Waals surface area contributed by atoms with Crippen molar-refractivity contribution >= 4 is 40.4 Å². The van der Waals surface area contributed by atoms with Gasteiger partial charge in [0.25, 0.3) is 0 Å². The maximum atomic E-state index is 6.05. The molecular formula is C12H13Cl2N3S. The summed E-state index contributed by atoms with van der Waals surface area (Å²) < 4.78 is 0.787. The van der Waals surface area contributed by atoms with Crippen molar-refractivity contribution in [3.8, 4) is 0 Å². The highest BCUT2D eigenvalue weighted by Crippen LogP contribution is 2.30. The second-order valence-electron chi connectivity index (χ2n) is 3.85. The van der Waals surface area contributed by atoms with E-state index in [1.165, 1.54) is 6.33 Å². The van der Waals surface area contributed by atoms with Crippen molar-refractivity contribution in [2.45, 2.75) is 26.3 Å². The van der Waals surface area contributed by atoms with Crippen molar-refractivity contribution < 1.29 is 0 Å². The summed E-state index contributed by atoms with van der Waals surface area (Å²) in [5, 5.41) is 3.85. The minimum Gasteiger partial charge on any atom is -0.362 e. The van der Waals surface area contributed by atoms with E-state index in [1.807, 2.05) is 19.1 Å². The van der Waals surface area contributed by atoms with Crippen LogP contribution in [0.1, 0.15) is 30.3 Å². The highest BCUT2D eigenvalue weighted by atomic mass is 35.5. The highest BCUT2D eigenvalue weighted by molar-refractivity contribution is 7.16. The second-order valence-corrected chi connectivity index (χ2v) is 5.96. The molecule has 0 saturated carbocycles. The van der Waals surface area contributed by atoms with Gasteiger partial charge in [0.05, 0.1) is 10.4 Å². The smallest absolute Gasteiger partial charge is 0.137 e. The summed E-state index contributed by atoms with van der Waals surface area (Å²) >= 11 is 13.5. The number of nitrogens with one attached hydrogen (secondary N) is 1. The third-order valence-corrected chi connectivity index (χ3v) is 4.36. The van der Waals surface area contributed by atoms with Crippen molar-refractivity contribution in [1.29, 1.82) is 0 Å². The molecule has 1 atom stereocenters. The summed E-state index contributed by atoms with van der Waals surface area (Å²) in [6, 6.07) is 4.05. The highest BCUT2D eigenvalue weighted by Gasteiger charge is 2.13. The molecule has 1 unspecified atom stereocenters. The van der Waals surface area contributed by atoms with Gasteiger partial charge in [-0.3, -0.25) is 0 Å². The Balaban J connectivity index is 2.21. The Kier molecular flexibility index (Phi) is 4.43. The van der Waals surface area contributed by atoms with Gasteiger partial charge in [0.2, 0.25) is 0 Å². The fourth-order valence-electron chi connectivity index (χ4n) is 1.67. The van der Waals surface area contributed by atoms with Crippen molar-refractivity contribution in [2.75, 3.05) is 5.32 Å². The molecule has 2 aromatic heterocycles. The van der Waals surface area contributed by atoms with E-state index in [0.717, 1.165) is 27.0 Å². The second kappa shape index (κ2) is 5.87. The minimum absolute atomic E-state index is 0.138. The molecule has 2 aromatic rings. The molecule has 18 heavy (non-hydrogen) atoms. The number of thiophene rings is 1. The standard InChI is InChI=1S/C12H13Cl2N3S/c1-3-8-11(14)15-6-16-12(8)17-7(2)9-4-5-10(13)18-9/h4-7H,3H2,1-2H3,(H,15,16,17). The average Bonchev–Trinajstić information content (AvgIpc) is 2.76. The van der Waals surface area contributed by atoms with Gasteiger partial charge in [-0.25, -0.2) is 9.97 Å². The third kappa shape index (κ3) is 2.94. The molecule has 0 aromatic carbocycles. The first-order valence-electron chi connectivity index (χ1n) is 5.63. The number of rotatable bonds is 4. The first-order valence-corrected chi connectivity index (χ1v) is 7.20. The van der Waals surface area contributed by atoms with E-state index in [4.69, 9.17) is 23.2 Å². The average molecular weight is 302 g/mol. The molecule has 0 amide bonds. The first kappa shape index (κ1) is 13.6. The Morgan fingerprint density at radius 2 is 2.11 bits per heavy atom. The van der Waals surface area contributed by atoms with E-state index < -0.39 is 0 Å². The molecule has 0 spiro atoms. The predicted octanol–water partition coefficient (Wildman–Crippen LogP) is 4.58. The molecule has 0 aliphatic carbocycles. The lowest BCUT2D eigenvalue weighted by Gasteiger charge is -2.15. The van der Waals surface area contributed by atoms with E-state index in [-0.39, 0.29) is 6.04 Å². The number of hydrogen-bond donors (Lipinski definition) is 1. The fourth-order valence-corrected chi connectivity index (χ4v) is 3.00. The Bertz CT molecular complexity index is 542. The molecule has 3 nitrogen and oxygen atoms in total. The van der Waals surface area contributed by atoms with E-state index in [2.05, 4.69) is 22.2 Å². The Hall–Kier alpha value is -0.840. The summed E-state index contributed by atoms with van der Waals surface area (Å²) in [5.74, 6) is 0.787. The molecule has 0 aliphatic heterocycles. The maximum Gasteiger partial charge on any atom is 0.137 e. The molecule has 0 radical (unpaired) electrons. The van der Waals surface area contributed by atoms with Crippen LogP contribution in [0.25, 0.3) is 0 Å². The number of halogens is 2. The van der Waals surface area contributed by atoms with Gasteiger partial charge in [0, 0.05) is 10.4 Å². The molecule has 6 heteroatoms. The molecule has 0 saturated heterocycles. The van der Waals surface area contributed by atoms with Crippen LogP contribution < -0.4 is 5.32 Å². The molecule has 1 N–H and O–H groups in total. The molecular weight excluding hydrogens is 289 g/mol. The van der Waals surface area contributed by atoms with Crippen LogP contribution in [-0.2, 0) is 6.42 Å². The van der Waals surface area contributed by atoms with Gasteiger partial charge in [-0.2, -0.15) is 0 Å². The van der Waals surface area contributed by atoms with Crippen molar-refractivity contribution in [3.63, 3.8) is 0 Å². The van der Waals surface area contributed by atoms with Gasteiger partial charge in [-0.1, -0.05) is 30.1 Å². The number of nitrogens with zero attached hydrogens (tertiary/aromatic N) is 2. The van der Waals surface area contributed by atoms with Crippen LogP contribution in [0.3, 0.4) is 0 Å². The Labute approximate surface area is 120 Å². The summed E-state index contributed by atoms with van der Waals surface area (Å²) in [6.45, 7) is 4.10. The lowest BCUT2D eigenvalue weighted by atomic mass is 10.2. The largest absolute Gasteiger partial charge is 0.362 e. The van der Waals surface area contributed by atoms with Crippen LogP contribution in [0.5, 0.6) is 0 Å². The molecule has 2 rings (SSSR count). The van der Waals surface area contributed by atoms with Crippen molar-refractivity contribution in [2.24, 2.45) is 0 Å². The van der Waals surface area contributed by atoms with Crippen LogP contribution in [0.15, 0.2) is 18.5 Å². The van der Waals surface area contributed by atoms with Crippen LogP contribution in [0.2, 0.25) is 9.49 Å². The Morgan fingerprint density at radius 3 is 2.72 bits per heavy atom. The zero-order chi connectivity index (χ0) is 13.1. The third-order valence-electron chi connectivity index (χ3n) is 2.62. The van der Waals surface area contributed by atoms with Gasteiger partial charge in [0.15, 0.2) is 0 Å². The van der Waals surface area contributed by atoms with Crippen LogP contribution in [0.4, 0.5) is 5.82 Å². The van der Waals surface area contributed by atoms with Crippen LogP contribution in [0, 0.1) is 0 Å². The molecule has 2 heterocycles. The van der Waals surface area contributed by atoms with Crippen LogP contribution in [-0.4, -0.2) is 9.97 Å². The SMILES string of the molecule is CCc1c(Cl)ncnc1NC(C)c1ccc(Cl)s1. The van der Waals surface area contributed by atoms with Crippen LogP contribution >= 0.6 is 34.5 Å². The normalized spacial score (nSPS) is 12.4. The maximum absolute atomic E-state index is 6.05. The first-order chi connectivity index (χ1) is 8.61.